The average Bonchev–Trinajstić information content (AvgIpc) is 3.05. The van der Waals surface area contributed by atoms with Gasteiger partial charge in [-0.25, -0.2) is 15.0 Å². The highest BCUT2D eigenvalue weighted by Gasteiger charge is 2.35. The number of aliphatic hydroxyl groups is 1. The molecule has 0 aromatic carbocycles. The lowest BCUT2D eigenvalue weighted by Crippen LogP contribution is -2.36. The van der Waals surface area contributed by atoms with E-state index in [9.17, 15) is 5.11 Å². The Bertz CT molecular complexity index is 874. The molecule has 0 saturated heterocycles. The summed E-state index contributed by atoms with van der Waals surface area (Å²) in [6.45, 7) is 1.90. The Morgan fingerprint density at radius 3 is 2.80 bits per heavy atom. The van der Waals surface area contributed by atoms with Crippen molar-refractivity contribution in [1.82, 2.24) is 15.0 Å². The number of rotatable bonds is 5. The standard InChI is InChI=1S/C18H20N4O2S/c1-10-20-17(14-5-6-25-18(14)21-10)22-16(12-7-13(23)8-12)11-3-4-15(24-2)19-9-11/h3-6,9,12-13,16,23H,7-8H2,1-2H3,(H,20,21,22). The van der Waals surface area contributed by atoms with Crippen LogP contribution in [0.1, 0.15) is 30.3 Å². The predicted molar refractivity (Wildman–Crippen MR) is 98.0 cm³/mol. The van der Waals surface area contributed by atoms with Crippen LogP contribution in [0.2, 0.25) is 0 Å². The van der Waals surface area contributed by atoms with Crippen molar-refractivity contribution in [2.24, 2.45) is 5.92 Å². The first-order valence-electron chi connectivity index (χ1n) is 8.30. The van der Waals surface area contributed by atoms with E-state index in [0.29, 0.717) is 11.8 Å². The number of ether oxygens (including phenoxy) is 1. The van der Waals surface area contributed by atoms with E-state index in [1.54, 1.807) is 18.4 Å². The van der Waals surface area contributed by atoms with Crippen molar-refractivity contribution in [2.45, 2.75) is 31.9 Å². The van der Waals surface area contributed by atoms with Gasteiger partial charge in [0.25, 0.3) is 0 Å². The van der Waals surface area contributed by atoms with Crippen LogP contribution in [0, 0.1) is 12.8 Å². The molecule has 1 aliphatic carbocycles. The molecule has 25 heavy (non-hydrogen) atoms. The van der Waals surface area contributed by atoms with Crippen molar-refractivity contribution in [3.05, 3.63) is 41.2 Å². The van der Waals surface area contributed by atoms with Crippen molar-refractivity contribution < 1.29 is 9.84 Å². The molecule has 3 heterocycles. The molecular weight excluding hydrogens is 336 g/mol. The van der Waals surface area contributed by atoms with Gasteiger partial charge in [0.1, 0.15) is 16.5 Å². The minimum Gasteiger partial charge on any atom is -0.481 e. The fourth-order valence-electron chi connectivity index (χ4n) is 3.29. The topological polar surface area (TPSA) is 80.2 Å². The summed E-state index contributed by atoms with van der Waals surface area (Å²) in [6.07, 6.45) is 3.18. The number of hydrogen-bond donors (Lipinski definition) is 2. The van der Waals surface area contributed by atoms with Crippen LogP contribution in [0.5, 0.6) is 5.88 Å². The molecule has 1 saturated carbocycles. The monoisotopic (exact) mass is 356 g/mol. The Hall–Kier alpha value is -2.25. The van der Waals surface area contributed by atoms with Gasteiger partial charge in [-0.1, -0.05) is 6.07 Å². The molecule has 6 nitrogen and oxygen atoms in total. The molecule has 0 aliphatic heterocycles. The highest BCUT2D eigenvalue weighted by atomic mass is 32.1. The fraction of sp³-hybridized carbons (Fsp3) is 0.389. The molecule has 3 aromatic heterocycles. The number of anilines is 1. The van der Waals surface area contributed by atoms with E-state index in [1.165, 1.54) is 0 Å². The summed E-state index contributed by atoms with van der Waals surface area (Å²) < 4.78 is 5.16. The van der Waals surface area contributed by atoms with Crippen molar-refractivity contribution in [2.75, 3.05) is 12.4 Å². The average molecular weight is 356 g/mol. The van der Waals surface area contributed by atoms with Crippen molar-refractivity contribution in [3.63, 3.8) is 0 Å². The fourth-order valence-corrected chi connectivity index (χ4v) is 4.10. The molecule has 1 fully saturated rings. The molecule has 0 bridgehead atoms. The first kappa shape index (κ1) is 16.2. The van der Waals surface area contributed by atoms with Crippen molar-refractivity contribution in [3.8, 4) is 5.88 Å². The van der Waals surface area contributed by atoms with Crippen LogP contribution in [0.25, 0.3) is 10.2 Å². The van der Waals surface area contributed by atoms with Gasteiger partial charge in [0.2, 0.25) is 5.88 Å². The van der Waals surface area contributed by atoms with E-state index in [1.807, 2.05) is 36.7 Å². The number of pyridine rings is 1. The second-order valence-electron chi connectivity index (χ2n) is 6.40. The molecule has 4 rings (SSSR count). The van der Waals surface area contributed by atoms with Crippen molar-refractivity contribution in [1.29, 1.82) is 0 Å². The minimum atomic E-state index is -0.214. The maximum atomic E-state index is 9.76. The number of aromatic nitrogens is 3. The molecule has 1 atom stereocenters. The lowest BCUT2D eigenvalue weighted by atomic mass is 9.75. The third kappa shape index (κ3) is 3.17. The van der Waals surface area contributed by atoms with E-state index in [4.69, 9.17) is 4.74 Å². The van der Waals surface area contributed by atoms with Crippen LogP contribution in [-0.2, 0) is 0 Å². The molecule has 130 valence electrons. The van der Waals surface area contributed by atoms with E-state index in [-0.39, 0.29) is 12.1 Å². The van der Waals surface area contributed by atoms with Gasteiger partial charge in [0.15, 0.2) is 0 Å². The molecular formula is C18H20N4O2S. The largest absolute Gasteiger partial charge is 0.481 e. The Labute approximate surface area is 149 Å². The molecule has 0 amide bonds. The number of aryl methyl sites for hydroxylation is 1. The van der Waals surface area contributed by atoms with Gasteiger partial charge in [-0.2, -0.15) is 0 Å². The van der Waals surface area contributed by atoms with Crippen LogP contribution >= 0.6 is 11.3 Å². The van der Waals surface area contributed by atoms with Gasteiger partial charge in [0, 0.05) is 12.3 Å². The molecule has 7 heteroatoms. The SMILES string of the molecule is COc1ccc(C(Nc2nc(C)nc3sccc23)C2CC(O)C2)cn1. The normalized spacial score (nSPS) is 20.9. The zero-order chi connectivity index (χ0) is 17.4. The molecule has 1 unspecified atom stereocenters. The third-order valence-electron chi connectivity index (χ3n) is 4.68. The van der Waals surface area contributed by atoms with Crippen LogP contribution in [0.3, 0.4) is 0 Å². The van der Waals surface area contributed by atoms with Gasteiger partial charge >= 0.3 is 0 Å². The van der Waals surface area contributed by atoms with Gasteiger partial charge in [-0.05, 0) is 42.7 Å². The number of thiophene rings is 1. The Balaban J connectivity index is 1.69. The second kappa shape index (κ2) is 6.57. The van der Waals surface area contributed by atoms with Crippen LogP contribution < -0.4 is 10.1 Å². The summed E-state index contributed by atoms with van der Waals surface area (Å²) in [7, 11) is 1.61. The van der Waals surface area contributed by atoms with Crippen molar-refractivity contribution >= 4 is 27.4 Å². The van der Waals surface area contributed by atoms with Gasteiger partial charge < -0.3 is 15.2 Å². The third-order valence-corrected chi connectivity index (χ3v) is 5.48. The number of aliphatic hydroxyl groups excluding tert-OH is 1. The predicted octanol–water partition coefficient (Wildman–Crippen LogP) is 3.33. The van der Waals surface area contributed by atoms with E-state index < -0.39 is 0 Å². The maximum absolute atomic E-state index is 9.76. The summed E-state index contributed by atoms with van der Waals surface area (Å²) in [4.78, 5) is 14.4. The van der Waals surface area contributed by atoms with Crippen LogP contribution in [0.15, 0.2) is 29.8 Å². The Kier molecular flexibility index (Phi) is 4.27. The minimum absolute atomic E-state index is 0.0409. The highest BCUT2D eigenvalue weighted by molar-refractivity contribution is 7.16. The zero-order valence-corrected chi connectivity index (χ0v) is 15.0. The first-order valence-corrected chi connectivity index (χ1v) is 9.18. The zero-order valence-electron chi connectivity index (χ0n) is 14.1. The number of nitrogens with one attached hydrogen (secondary N) is 1. The highest BCUT2D eigenvalue weighted by Crippen LogP contribution is 2.41. The van der Waals surface area contributed by atoms with Gasteiger partial charge in [-0.15, -0.1) is 11.3 Å². The first-order chi connectivity index (χ1) is 12.1. The number of nitrogens with zero attached hydrogens (tertiary/aromatic N) is 3. The molecule has 3 aromatic rings. The Morgan fingerprint density at radius 1 is 1.28 bits per heavy atom. The van der Waals surface area contributed by atoms with E-state index >= 15 is 0 Å². The summed E-state index contributed by atoms with van der Waals surface area (Å²) in [5.74, 6) is 2.52. The summed E-state index contributed by atoms with van der Waals surface area (Å²) >= 11 is 1.61. The second-order valence-corrected chi connectivity index (χ2v) is 7.29. The number of hydrogen-bond acceptors (Lipinski definition) is 7. The summed E-state index contributed by atoms with van der Waals surface area (Å²) in [6, 6.07) is 5.97. The van der Waals surface area contributed by atoms with E-state index in [0.717, 1.165) is 40.3 Å². The molecule has 0 spiro atoms. The Morgan fingerprint density at radius 2 is 2.12 bits per heavy atom. The maximum Gasteiger partial charge on any atom is 0.212 e. The van der Waals surface area contributed by atoms with Crippen LogP contribution in [0.4, 0.5) is 5.82 Å². The quantitative estimate of drug-likeness (QED) is 0.730. The smallest absolute Gasteiger partial charge is 0.212 e. The summed E-state index contributed by atoms with van der Waals surface area (Å²) in [5.41, 5.74) is 1.07. The molecule has 0 radical (unpaired) electrons. The molecule has 1 aliphatic rings. The number of methoxy groups -OCH3 is 1. The summed E-state index contributed by atoms with van der Waals surface area (Å²) in [5, 5.41) is 16.4. The van der Waals surface area contributed by atoms with Crippen LogP contribution in [-0.4, -0.2) is 33.3 Å². The lowest BCUT2D eigenvalue weighted by molar-refractivity contribution is 0.0339. The lowest BCUT2D eigenvalue weighted by Gasteiger charge is -2.38. The van der Waals surface area contributed by atoms with Gasteiger partial charge in [0.05, 0.1) is 24.6 Å². The van der Waals surface area contributed by atoms with Gasteiger partial charge in [-0.3, -0.25) is 0 Å². The molecule has 2 N–H and O–H groups in total. The number of fused-ring (bicyclic) bond motifs is 1. The van der Waals surface area contributed by atoms with E-state index in [2.05, 4.69) is 20.3 Å².